The Morgan fingerprint density at radius 2 is 1.40 bits per heavy atom. The normalized spacial score (nSPS) is 15.9. The molecule has 0 saturated carbocycles. The minimum absolute atomic E-state index is 0.0217. The average Bonchev–Trinajstić information content (AvgIpc) is 3.88. The third-order valence-electron chi connectivity index (χ3n) is 12.4. The van der Waals surface area contributed by atoms with E-state index < -0.39 is 138 Å². The highest BCUT2D eigenvalue weighted by Gasteiger charge is 2.42. The fourth-order valence-corrected chi connectivity index (χ4v) is 9.23. The average molecular weight is 1110 g/mol. The zero-order valence-corrected chi connectivity index (χ0v) is 46.5. The molecule has 1 aliphatic rings. The first-order chi connectivity index (χ1) is 36.6. The van der Waals surface area contributed by atoms with Gasteiger partial charge in [-0.05, 0) is 88.0 Å². The Bertz CT molecular complexity index is 2420. The smallest absolute Gasteiger partial charge is 0.417 e. The lowest BCUT2D eigenvalue weighted by Crippen LogP contribution is -2.61. The van der Waals surface area contributed by atoms with Crippen LogP contribution in [0.15, 0.2) is 54.6 Å². The van der Waals surface area contributed by atoms with E-state index in [1.165, 1.54) is 44.5 Å². The van der Waals surface area contributed by atoms with Crippen molar-refractivity contribution >= 4 is 77.0 Å². The fourth-order valence-electron chi connectivity index (χ4n) is 8.22. The molecule has 10 amide bonds. The summed E-state index contributed by atoms with van der Waals surface area (Å²) in [5.41, 5.74) is 17.8. The minimum Gasteiger partial charge on any atom is -0.497 e. The van der Waals surface area contributed by atoms with Crippen molar-refractivity contribution in [2.75, 3.05) is 26.0 Å². The predicted octanol–water partition coefficient (Wildman–Crippen LogP) is 0.995. The van der Waals surface area contributed by atoms with Gasteiger partial charge in [-0.3, -0.25) is 47.9 Å². The molecule has 12 N–H and O–H groups in total. The molecule has 78 heavy (non-hydrogen) atoms. The second-order valence-corrected chi connectivity index (χ2v) is 21.6. The number of carbonyl (C=O) groups is 11. The summed E-state index contributed by atoms with van der Waals surface area (Å²) >= 11 is 1.25. The minimum atomic E-state index is -1.77. The highest BCUT2D eigenvalue weighted by atomic mass is 32.2. The molecule has 0 unspecified atom stereocenters. The molecule has 0 spiro atoms. The number of imide groups is 1. The van der Waals surface area contributed by atoms with Gasteiger partial charge in [0, 0.05) is 24.5 Å². The van der Waals surface area contributed by atoms with Gasteiger partial charge in [-0.2, -0.15) is 11.8 Å². The number of carboxylic acids is 1. The molecule has 2 aromatic carbocycles. The van der Waals surface area contributed by atoms with Crippen LogP contribution >= 0.6 is 11.8 Å². The third kappa shape index (κ3) is 21.6. The number of hydrogen-bond acceptors (Lipinski definition) is 15. The van der Waals surface area contributed by atoms with Crippen LogP contribution in [0.25, 0.3) is 0 Å². The maximum Gasteiger partial charge on any atom is 0.417 e. The number of likely N-dealkylation sites (tertiary alicyclic amines) is 1. The van der Waals surface area contributed by atoms with E-state index in [9.17, 15) is 57.8 Å². The molecule has 0 bridgehead atoms. The maximum absolute atomic E-state index is 14.7. The first kappa shape index (κ1) is 65.0. The molecule has 2 aromatic rings. The number of aliphatic carboxylic acids is 1. The number of primary amides is 2. The number of ether oxygens (including phenoxy) is 2. The van der Waals surface area contributed by atoms with Crippen molar-refractivity contribution in [3.63, 3.8) is 0 Å². The van der Waals surface area contributed by atoms with Gasteiger partial charge in [0.05, 0.1) is 19.6 Å². The quantitative estimate of drug-likeness (QED) is 0.0527. The molecular formula is C53H78N10O14S. The molecule has 3 rings (SSSR count). The van der Waals surface area contributed by atoms with E-state index in [2.05, 4.69) is 26.6 Å². The molecule has 1 aliphatic heterocycles. The number of amides is 10. The Morgan fingerprint density at radius 3 is 1.96 bits per heavy atom. The zero-order chi connectivity index (χ0) is 58.4. The van der Waals surface area contributed by atoms with Crippen molar-refractivity contribution in [2.24, 2.45) is 29.0 Å². The van der Waals surface area contributed by atoms with E-state index in [0.29, 0.717) is 29.2 Å². The number of thioether (sulfide) groups is 1. The van der Waals surface area contributed by atoms with E-state index in [4.69, 9.17) is 26.7 Å². The van der Waals surface area contributed by atoms with Crippen molar-refractivity contribution in [1.29, 1.82) is 0 Å². The van der Waals surface area contributed by atoms with Gasteiger partial charge in [0.15, 0.2) is 0 Å². The van der Waals surface area contributed by atoms with Crippen LogP contribution in [0, 0.1) is 11.8 Å². The van der Waals surface area contributed by atoms with E-state index in [-0.39, 0.29) is 43.9 Å². The predicted molar refractivity (Wildman–Crippen MR) is 288 cm³/mol. The summed E-state index contributed by atoms with van der Waals surface area (Å²) in [6.07, 6.45) is -1.95. The Morgan fingerprint density at radius 1 is 0.782 bits per heavy atom. The summed E-state index contributed by atoms with van der Waals surface area (Å²) in [6.45, 7) is 10.5. The number of methoxy groups -OCH3 is 1. The molecule has 0 aliphatic carbocycles. The fraction of sp³-hybridized carbons (Fsp3) is 0.566. The van der Waals surface area contributed by atoms with Gasteiger partial charge in [0.1, 0.15) is 54.1 Å². The van der Waals surface area contributed by atoms with Gasteiger partial charge in [-0.1, -0.05) is 76.6 Å². The van der Waals surface area contributed by atoms with Crippen LogP contribution in [0.2, 0.25) is 0 Å². The van der Waals surface area contributed by atoms with E-state index in [0.717, 1.165) is 11.1 Å². The molecule has 24 nitrogen and oxygen atoms in total. The third-order valence-corrected chi connectivity index (χ3v) is 13.5. The van der Waals surface area contributed by atoms with Crippen LogP contribution in [0.5, 0.6) is 5.75 Å². The molecule has 1 heterocycles. The van der Waals surface area contributed by atoms with Crippen molar-refractivity contribution < 1.29 is 67.3 Å². The second kappa shape index (κ2) is 31.2. The van der Waals surface area contributed by atoms with Gasteiger partial charge in [-0.25, -0.2) is 9.69 Å². The van der Waals surface area contributed by atoms with Crippen LogP contribution in [0.3, 0.4) is 0 Å². The van der Waals surface area contributed by atoms with Crippen LogP contribution in [0.1, 0.15) is 105 Å². The van der Waals surface area contributed by atoms with Crippen molar-refractivity contribution in [1.82, 2.24) is 36.4 Å². The lowest BCUT2D eigenvalue weighted by molar-refractivity contribution is -0.146. The standard InChI is InChI=1S/C53H78N10O14S/c1-9-31(4)44(61-45(68)35(54)25-32-17-19-34(76-8)20-18-32)49(72)57-36(21-22-41(55)64)46(69)58-37(26-42(56)65)47(70)60-39(29-78-28-33-14-11-10-12-15-33)51(74)62-23-13-16-40(62)48(71)59-38(24-30(2)3)50(73)63(27-43(66)67)52(75)77-53(5,6)7/h10-12,14-15,17-20,30-31,35-40,44H,9,13,16,21-29,54H2,1-8H3,(H2,55,64)(H2,56,65)(H,57,72)(H,58,69)(H,59,71)(H,60,70)(H,61,68)(H,66,67)/t31-,35-,36-,37-,38-,39-,40-,44-/m0/s1. The number of nitrogens with one attached hydrogen (secondary N) is 5. The number of hydrogen-bond donors (Lipinski definition) is 9. The largest absolute Gasteiger partial charge is 0.497 e. The van der Waals surface area contributed by atoms with Crippen LogP contribution in [-0.2, 0) is 64.9 Å². The summed E-state index contributed by atoms with van der Waals surface area (Å²) in [4.78, 5) is 150. The summed E-state index contributed by atoms with van der Waals surface area (Å²) in [6, 6.07) is 6.33. The van der Waals surface area contributed by atoms with Crippen LogP contribution in [-0.4, -0.2) is 154 Å². The lowest BCUT2D eigenvalue weighted by atomic mass is 9.96. The number of rotatable bonds is 30. The topological polar surface area (TPSA) is 371 Å². The Labute approximate surface area is 459 Å². The lowest BCUT2D eigenvalue weighted by Gasteiger charge is -2.32. The number of nitrogens with zero attached hydrogens (tertiary/aromatic N) is 2. The number of carbonyl (C=O) groups excluding carboxylic acids is 10. The molecular weight excluding hydrogens is 1030 g/mol. The molecule has 0 radical (unpaired) electrons. The molecule has 430 valence electrons. The van der Waals surface area contributed by atoms with Crippen LogP contribution in [0.4, 0.5) is 4.79 Å². The zero-order valence-electron chi connectivity index (χ0n) is 45.7. The van der Waals surface area contributed by atoms with Crippen molar-refractivity contribution in [2.45, 2.75) is 153 Å². The van der Waals surface area contributed by atoms with Crippen molar-refractivity contribution in [3.05, 3.63) is 65.7 Å². The highest BCUT2D eigenvalue weighted by molar-refractivity contribution is 7.98. The Balaban J connectivity index is 1.92. The molecule has 1 fully saturated rings. The molecule has 1 saturated heterocycles. The van der Waals surface area contributed by atoms with Crippen LogP contribution < -0.4 is 48.5 Å². The van der Waals surface area contributed by atoms with E-state index in [1.807, 2.05) is 30.3 Å². The molecule has 25 heteroatoms. The molecule has 8 atom stereocenters. The van der Waals surface area contributed by atoms with Gasteiger partial charge < -0.3 is 63.3 Å². The summed E-state index contributed by atoms with van der Waals surface area (Å²) in [5.74, 6) is -9.48. The van der Waals surface area contributed by atoms with Crippen molar-refractivity contribution in [3.8, 4) is 5.75 Å². The van der Waals surface area contributed by atoms with Gasteiger partial charge in [0.25, 0.3) is 5.91 Å². The Hall–Kier alpha value is -7.28. The van der Waals surface area contributed by atoms with Gasteiger partial charge in [0.2, 0.25) is 47.3 Å². The first-order valence-corrected chi connectivity index (χ1v) is 26.9. The summed E-state index contributed by atoms with van der Waals surface area (Å²) < 4.78 is 10.5. The molecule has 0 aromatic heterocycles. The highest BCUT2D eigenvalue weighted by Crippen LogP contribution is 2.23. The summed E-state index contributed by atoms with van der Waals surface area (Å²) in [7, 11) is 1.51. The van der Waals surface area contributed by atoms with E-state index >= 15 is 0 Å². The summed E-state index contributed by atoms with van der Waals surface area (Å²) in [5, 5.41) is 22.5. The SMILES string of the molecule is CC[C@H](C)[C@H](NC(=O)[C@@H](N)Cc1ccc(OC)cc1)C(=O)N[C@@H](CCC(N)=O)C(=O)N[C@@H](CC(N)=O)C(=O)N[C@@H](CSCc1ccccc1)C(=O)N1CCC[C@H]1C(=O)N[C@@H](CC(C)C)C(=O)N(CC(=O)O)C(=O)OC(C)(C)C. The number of carboxylic acid groups (broad SMARTS) is 1. The Kier molecular flexibility index (Phi) is 26.0. The second-order valence-electron chi connectivity index (χ2n) is 20.6. The monoisotopic (exact) mass is 1110 g/mol. The number of nitrogens with two attached hydrogens (primary N) is 3. The van der Waals surface area contributed by atoms with Gasteiger partial charge in [-0.15, -0.1) is 0 Å². The van der Waals surface area contributed by atoms with E-state index in [1.54, 1.807) is 52.0 Å². The van der Waals surface area contributed by atoms with Gasteiger partial charge >= 0.3 is 12.1 Å². The number of benzene rings is 2. The first-order valence-electron chi connectivity index (χ1n) is 25.8. The maximum atomic E-state index is 14.7.